The van der Waals surface area contributed by atoms with Crippen molar-refractivity contribution in [3.63, 3.8) is 0 Å². The molecule has 1 aliphatic rings. The van der Waals surface area contributed by atoms with Gasteiger partial charge in [0.05, 0.1) is 11.0 Å². The summed E-state index contributed by atoms with van der Waals surface area (Å²) >= 11 is 0. The average Bonchev–Trinajstić information content (AvgIpc) is 3.96. The minimum absolute atomic E-state index is 0.00626. The number of aromatic nitrogens is 1. The Morgan fingerprint density at radius 1 is 0.441 bits per heavy atom. The molecule has 0 saturated carbocycles. The van der Waals surface area contributed by atoms with Crippen molar-refractivity contribution in [2.45, 2.75) is 71.6 Å². The predicted molar refractivity (Wildman–Crippen MR) is 289 cm³/mol. The number of fused-ring (bicyclic) bond motifs is 9. The second kappa shape index (κ2) is 15.2. The molecule has 1 aliphatic carbocycles. The molecule has 3 heteroatoms. The number of hydrogen-bond acceptors (Lipinski definition) is 2. The number of furan rings is 1. The molecule has 12 rings (SSSR count). The Balaban J connectivity index is 1.05. The highest BCUT2D eigenvalue weighted by molar-refractivity contribution is 6.10. The van der Waals surface area contributed by atoms with E-state index < -0.39 is 0 Å². The lowest BCUT2D eigenvalue weighted by Crippen LogP contribution is -2.21. The molecule has 68 heavy (non-hydrogen) atoms. The lowest BCUT2D eigenvalue weighted by Gasteiger charge is -2.30. The van der Waals surface area contributed by atoms with Crippen LogP contribution in [0, 0.1) is 0 Å². The van der Waals surface area contributed by atoms with Gasteiger partial charge < -0.3 is 14.3 Å². The first-order valence-corrected chi connectivity index (χ1v) is 24.1. The van der Waals surface area contributed by atoms with E-state index >= 15 is 0 Å². The molecule has 0 unspecified atom stereocenters. The van der Waals surface area contributed by atoms with Crippen molar-refractivity contribution in [2.24, 2.45) is 0 Å². The van der Waals surface area contributed by atoms with Gasteiger partial charge in [-0.3, -0.25) is 0 Å². The summed E-state index contributed by atoms with van der Waals surface area (Å²) in [5.74, 6) is 0. The summed E-state index contributed by atoms with van der Waals surface area (Å²) in [4.78, 5) is 0. The zero-order valence-electron chi connectivity index (χ0n) is 40.3. The minimum Gasteiger partial charge on any atom is -0.456 e. The van der Waals surface area contributed by atoms with E-state index in [2.05, 4.69) is 241 Å². The van der Waals surface area contributed by atoms with Crippen molar-refractivity contribution in [3.8, 4) is 50.2 Å². The van der Waals surface area contributed by atoms with Gasteiger partial charge in [-0.2, -0.15) is 0 Å². The molecule has 0 fully saturated rings. The van der Waals surface area contributed by atoms with Gasteiger partial charge in [-0.15, -0.1) is 0 Å². The van der Waals surface area contributed by atoms with Gasteiger partial charge in [0.25, 0.3) is 0 Å². The normalized spacial score (nSPS) is 13.4. The van der Waals surface area contributed by atoms with E-state index in [1.54, 1.807) is 0 Å². The van der Waals surface area contributed by atoms with Crippen LogP contribution in [0.5, 0.6) is 0 Å². The molecule has 2 heterocycles. The van der Waals surface area contributed by atoms with Gasteiger partial charge in [0, 0.05) is 49.6 Å². The standard InChI is InChI=1S/C65H56N2O/c1-63(2,3)43-38-53(64(4,5)6)61-54(39-43)65(7,8)52-34-33-46(42-19-17-18-40(36-42)41-28-35-59-51(37-41)49-22-12-16-27-58(49)68-59)60(62(52)61)50-23-9-13-24-55(50)66-44-29-31-45(32-30-44)67-56-25-14-10-20-47(56)48-21-11-15-26-57(48)67/h9-39,66H,1-8H3. The first-order valence-electron chi connectivity index (χ1n) is 24.1. The Labute approximate surface area is 399 Å². The summed E-state index contributed by atoms with van der Waals surface area (Å²) in [6, 6.07) is 69.2. The molecule has 0 aliphatic heterocycles. The first-order chi connectivity index (χ1) is 32.7. The zero-order chi connectivity index (χ0) is 46.7. The summed E-state index contributed by atoms with van der Waals surface area (Å²) in [6.07, 6.45) is 0. The van der Waals surface area contributed by atoms with Crippen molar-refractivity contribution in [1.29, 1.82) is 0 Å². The Morgan fingerprint density at radius 3 is 1.79 bits per heavy atom. The molecule has 0 saturated heterocycles. The van der Waals surface area contributed by atoms with Crippen LogP contribution in [0.1, 0.15) is 77.6 Å². The van der Waals surface area contributed by atoms with E-state index in [1.807, 2.05) is 12.1 Å². The highest BCUT2D eigenvalue weighted by atomic mass is 16.3. The van der Waals surface area contributed by atoms with Gasteiger partial charge >= 0.3 is 0 Å². The third-order valence-electron chi connectivity index (χ3n) is 14.7. The second-order valence-corrected chi connectivity index (χ2v) is 21.5. The fourth-order valence-corrected chi connectivity index (χ4v) is 11.1. The van der Waals surface area contributed by atoms with Crippen LogP contribution in [0.15, 0.2) is 192 Å². The van der Waals surface area contributed by atoms with Crippen LogP contribution in [0.4, 0.5) is 11.4 Å². The molecular formula is C65H56N2O. The van der Waals surface area contributed by atoms with Crippen molar-refractivity contribution < 1.29 is 4.42 Å². The average molecular weight is 881 g/mol. The molecule has 0 amide bonds. The quantitative estimate of drug-likeness (QED) is 0.180. The van der Waals surface area contributed by atoms with Crippen LogP contribution in [0.3, 0.4) is 0 Å². The maximum atomic E-state index is 6.25. The number of benzene rings is 9. The monoisotopic (exact) mass is 880 g/mol. The van der Waals surface area contributed by atoms with Crippen molar-refractivity contribution in [3.05, 3.63) is 210 Å². The lowest BCUT2D eigenvalue weighted by atomic mass is 9.74. The number of rotatable bonds is 6. The van der Waals surface area contributed by atoms with Gasteiger partial charge in [0.1, 0.15) is 11.2 Å². The number of hydrogen-bond donors (Lipinski definition) is 1. The molecule has 2 aromatic heterocycles. The van der Waals surface area contributed by atoms with Crippen molar-refractivity contribution >= 4 is 55.1 Å². The largest absolute Gasteiger partial charge is 0.456 e. The maximum Gasteiger partial charge on any atom is 0.135 e. The van der Waals surface area contributed by atoms with Gasteiger partial charge in [0.15, 0.2) is 0 Å². The van der Waals surface area contributed by atoms with Crippen molar-refractivity contribution in [2.75, 3.05) is 5.32 Å². The molecule has 9 aromatic carbocycles. The summed E-state index contributed by atoms with van der Waals surface area (Å²) in [7, 11) is 0. The lowest BCUT2D eigenvalue weighted by molar-refractivity contribution is 0.564. The van der Waals surface area contributed by atoms with Gasteiger partial charge in [0.2, 0.25) is 0 Å². The molecule has 0 bridgehead atoms. The maximum absolute atomic E-state index is 6.25. The topological polar surface area (TPSA) is 30.1 Å². The Morgan fingerprint density at radius 2 is 1.07 bits per heavy atom. The number of nitrogens with one attached hydrogen (secondary N) is 1. The van der Waals surface area contributed by atoms with E-state index in [1.165, 1.54) is 83.0 Å². The van der Waals surface area contributed by atoms with Gasteiger partial charge in [-0.05, 0) is 139 Å². The fourth-order valence-electron chi connectivity index (χ4n) is 11.1. The van der Waals surface area contributed by atoms with Crippen LogP contribution in [0.25, 0.3) is 93.9 Å². The van der Waals surface area contributed by atoms with Gasteiger partial charge in [-0.25, -0.2) is 0 Å². The van der Waals surface area contributed by atoms with Crippen LogP contribution in [-0.4, -0.2) is 4.57 Å². The van der Waals surface area contributed by atoms with Crippen LogP contribution in [-0.2, 0) is 16.2 Å². The summed E-state index contributed by atoms with van der Waals surface area (Å²) in [6.45, 7) is 19.0. The van der Waals surface area contributed by atoms with E-state index in [-0.39, 0.29) is 16.2 Å². The Bertz CT molecular complexity index is 3750. The van der Waals surface area contributed by atoms with Crippen molar-refractivity contribution in [1.82, 2.24) is 4.57 Å². The second-order valence-electron chi connectivity index (χ2n) is 21.5. The molecule has 1 N–H and O–H groups in total. The molecule has 0 spiro atoms. The third-order valence-corrected chi connectivity index (χ3v) is 14.7. The van der Waals surface area contributed by atoms with E-state index in [9.17, 15) is 0 Å². The van der Waals surface area contributed by atoms with Crippen LogP contribution in [0.2, 0.25) is 0 Å². The first kappa shape index (κ1) is 41.8. The highest BCUT2D eigenvalue weighted by Gasteiger charge is 2.42. The SMILES string of the molecule is CC(C)(C)c1cc(C(C)(C)C)c2c(c1)C(C)(C)c1ccc(-c3cccc(-c4ccc5oc6ccccc6c5c4)c3)c(-c3ccccc3Nc3ccc(-n4c5ccccc5c5ccccc54)cc3)c1-2. The van der Waals surface area contributed by atoms with E-state index in [4.69, 9.17) is 4.42 Å². The number of anilines is 2. The van der Waals surface area contributed by atoms with Crippen LogP contribution >= 0.6 is 0 Å². The Kier molecular flexibility index (Phi) is 9.34. The zero-order valence-corrected chi connectivity index (χ0v) is 40.3. The number of para-hydroxylation sites is 4. The van der Waals surface area contributed by atoms with Gasteiger partial charge in [-0.1, -0.05) is 177 Å². The molecule has 0 radical (unpaired) electrons. The molecule has 332 valence electrons. The number of nitrogens with zero attached hydrogens (tertiary/aromatic N) is 1. The molecule has 11 aromatic rings. The highest BCUT2D eigenvalue weighted by Crippen LogP contribution is 2.58. The third kappa shape index (κ3) is 6.62. The molecule has 0 atom stereocenters. The van der Waals surface area contributed by atoms with E-state index in [0.717, 1.165) is 44.6 Å². The Hall–Kier alpha value is -7.62. The van der Waals surface area contributed by atoms with Crippen LogP contribution < -0.4 is 5.32 Å². The predicted octanol–water partition coefficient (Wildman–Crippen LogP) is 18.3. The molecule has 3 nitrogen and oxygen atoms in total. The molecular weight excluding hydrogens is 825 g/mol. The summed E-state index contributed by atoms with van der Waals surface area (Å²) in [5, 5.41) is 8.75. The minimum atomic E-state index is -0.227. The van der Waals surface area contributed by atoms with E-state index in [0.29, 0.717) is 0 Å². The fraction of sp³-hybridized carbons (Fsp3) is 0.169. The summed E-state index contributed by atoms with van der Waals surface area (Å²) < 4.78 is 8.63. The summed E-state index contributed by atoms with van der Waals surface area (Å²) in [5.41, 5.74) is 22.5. The smallest absolute Gasteiger partial charge is 0.135 e.